The van der Waals surface area contributed by atoms with E-state index in [1.165, 1.54) is 0 Å². The third-order valence-electron chi connectivity index (χ3n) is 5.26. The van der Waals surface area contributed by atoms with Gasteiger partial charge in [0.15, 0.2) is 0 Å². The van der Waals surface area contributed by atoms with Crippen molar-refractivity contribution in [1.29, 1.82) is 0 Å². The van der Waals surface area contributed by atoms with Gasteiger partial charge in [-0.25, -0.2) is 0 Å². The van der Waals surface area contributed by atoms with Crippen LogP contribution >= 0.6 is 0 Å². The van der Waals surface area contributed by atoms with Crippen molar-refractivity contribution in [2.45, 2.75) is 52.1 Å². The Balaban J connectivity index is 1.73. The van der Waals surface area contributed by atoms with Gasteiger partial charge in [-0.1, -0.05) is 13.8 Å². The molecule has 5 nitrogen and oxygen atoms in total. The smallest absolute Gasteiger partial charge is 0.227 e. The molecule has 3 rings (SSSR count). The summed E-state index contributed by atoms with van der Waals surface area (Å²) in [6.07, 6.45) is 4.65. The number of nitrogens with zero attached hydrogens (tertiary/aromatic N) is 1. The van der Waals surface area contributed by atoms with Crippen molar-refractivity contribution in [2.75, 3.05) is 29.9 Å². The number of carbonyl (C=O) groups is 1. The third kappa shape index (κ3) is 4.66. The Morgan fingerprint density at radius 1 is 1.32 bits per heavy atom. The second kappa shape index (κ2) is 8.09. The molecule has 2 aliphatic rings. The van der Waals surface area contributed by atoms with Gasteiger partial charge >= 0.3 is 0 Å². The van der Waals surface area contributed by atoms with E-state index in [0.29, 0.717) is 12.5 Å². The maximum atomic E-state index is 12.4. The Hall–Kier alpha value is -1.75. The van der Waals surface area contributed by atoms with Gasteiger partial charge in [0, 0.05) is 30.8 Å². The Bertz CT molecular complexity index is 593. The highest BCUT2D eigenvalue weighted by Crippen LogP contribution is 2.38. The van der Waals surface area contributed by atoms with E-state index in [1.807, 2.05) is 25.1 Å². The Morgan fingerprint density at radius 3 is 2.68 bits per heavy atom. The minimum Gasteiger partial charge on any atom is -0.491 e. The predicted molar refractivity (Wildman–Crippen MR) is 100 cm³/mol. The normalized spacial score (nSPS) is 19.6. The van der Waals surface area contributed by atoms with Crippen molar-refractivity contribution in [3.63, 3.8) is 0 Å². The number of ether oxygens (including phenoxy) is 1. The van der Waals surface area contributed by atoms with E-state index < -0.39 is 0 Å². The monoisotopic (exact) mass is 346 g/mol. The van der Waals surface area contributed by atoms with E-state index >= 15 is 0 Å². The van der Waals surface area contributed by atoms with Crippen LogP contribution in [0.3, 0.4) is 0 Å². The molecule has 1 amide bonds. The van der Waals surface area contributed by atoms with Crippen molar-refractivity contribution in [2.24, 2.45) is 11.8 Å². The highest BCUT2D eigenvalue weighted by molar-refractivity contribution is 5.94. The van der Waals surface area contributed by atoms with Crippen molar-refractivity contribution in [3.8, 4) is 5.75 Å². The Labute approximate surface area is 150 Å². The SMILES string of the molecule is CCCOc1cc(N2CCC(O)CC2)ccc1NC(=O)[C@H](C)C1CC1. The van der Waals surface area contributed by atoms with Crippen molar-refractivity contribution in [1.82, 2.24) is 0 Å². The summed E-state index contributed by atoms with van der Waals surface area (Å²) in [6.45, 7) is 6.40. The zero-order chi connectivity index (χ0) is 17.8. The number of piperidine rings is 1. The lowest BCUT2D eigenvalue weighted by atomic mass is 10.1. The fraction of sp³-hybridized carbons (Fsp3) is 0.650. The van der Waals surface area contributed by atoms with E-state index in [2.05, 4.69) is 17.1 Å². The third-order valence-corrected chi connectivity index (χ3v) is 5.26. The average Bonchev–Trinajstić information content (AvgIpc) is 3.46. The first-order chi connectivity index (χ1) is 12.1. The first kappa shape index (κ1) is 18.1. The molecular weight excluding hydrogens is 316 g/mol. The summed E-state index contributed by atoms with van der Waals surface area (Å²) in [6, 6.07) is 6.00. The fourth-order valence-electron chi connectivity index (χ4n) is 3.32. The summed E-state index contributed by atoms with van der Waals surface area (Å²) in [5.74, 6) is 1.42. The topological polar surface area (TPSA) is 61.8 Å². The predicted octanol–water partition coefficient (Wildman–Crippen LogP) is 3.42. The number of aliphatic hydroxyl groups is 1. The molecule has 5 heteroatoms. The van der Waals surface area contributed by atoms with E-state index in [-0.39, 0.29) is 17.9 Å². The van der Waals surface area contributed by atoms with Gasteiger partial charge in [-0.05, 0) is 50.2 Å². The molecule has 0 radical (unpaired) electrons. The van der Waals surface area contributed by atoms with E-state index in [9.17, 15) is 9.90 Å². The van der Waals surface area contributed by atoms with Gasteiger partial charge in [-0.2, -0.15) is 0 Å². The van der Waals surface area contributed by atoms with Crippen LogP contribution in [0.1, 0.15) is 46.0 Å². The average molecular weight is 346 g/mol. The first-order valence-electron chi connectivity index (χ1n) is 9.59. The van der Waals surface area contributed by atoms with Gasteiger partial charge in [0.05, 0.1) is 18.4 Å². The molecule has 0 bridgehead atoms. The number of nitrogens with one attached hydrogen (secondary N) is 1. The molecule has 1 aliphatic carbocycles. The number of rotatable bonds is 7. The molecule has 0 spiro atoms. The molecule has 25 heavy (non-hydrogen) atoms. The lowest BCUT2D eigenvalue weighted by molar-refractivity contribution is -0.119. The summed E-state index contributed by atoms with van der Waals surface area (Å²) in [5, 5.41) is 12.7. The summed E-state index contributed by atoms with van der Waals surface area (Å²) in [4.78, 5) is 14.7. The van der Waals surface area contributed by atoms with Crippen LogP contribution in [0.2, 0.25) is 0 Å². The number of amides is 1. The summed E-state index contributed by atoms with van der Waals surface area (Å²) < 4.78 is 5.90. The second-order valence-corrected chi connectivity index (χ2v) is 7.36. The number of benzene rings is 1. The lowest BCUT2D eigenvalue weighted by Gasteiger charge is -2.32. The van der Waals surface area contributed by atoms with Crippen LogP contribution in [-0.4, -0.2) is 36.8 Å². The highest BCUT2D eigenvalue weighted by atomic mass is 16.5. The van der Waals surface area contributed by atoms with Crippen LogP contribution in [0.15, 0.2) is 18.2 Å². The summed E-state index contributed by atoms with van der Waals surface area (Å²) in [5.41, 5.74) is 1.85. The minimum absolute atomic E-state index is 0.0577. The Morgan fingerprint density at radius 2 is 2.04 bits per heavy atom. The zero-order valence-corrected chi connectivity index (χ0v) is 15.3. The molecule has 1 saturated heterocycles. The van der Waals surface area contributed by atoms with E-state index in [0.717, 1.165) is 62.3 Å². The molecule has 0 aromatic heterocycles. The maximum absolute atomic E-state index is 12.4. The quantitative estimate of drug-likeness (QED) is 0.794. The Kier molecular flexibility index (Phi) is 5.84. The van der Waals surface area contributed by atoms with Gasteiger partial charge < -0.3 is 20.1 Å². The fourth-order valence-corrected chi connectivity index (χ4v) is 3.32. The number of hydrogen-bond donors (Lipinski definition) is 2. The van der Waals surface area contributed by atoms with Crippen molar-refractivity contribution in [3.05, 3.63) is 18.2 Å². The number of anilines is 2. The molecule has 1 heterocycles. The molecule has 1 saturated carbocycles. The minimum atomic E-state index is -0.186. The number of hydrogen-bond acceptors (Lipinski definition) is 4. The summed E-state index contributed by atoms with van der Waals surface area (Å²) >= 11 is 0. The first-order valence-corrected chi connectivity index (χ1v) is 9.59. The van der Waals surface area contributed by atoms with Gasteiger partial charge in [-0.15, -0.1) is 0 Å². The molecule has 0 unspecified atom stereocenters. The van der Waals surface area contributed by atoms with Gasteiger partial charge in [0.1, 0.15) is 5.75 Å². The van der Waals surface area contributed by atoms with Gasteiger partial charge in [0.25, 0.3) is 0 Å². The van der Waals surface area contributed by atoms with E-state index in [4.69, 9.17) is 4.74 Å². The lowest BCUT2D eigenvalue weighted by Crippen LogP contribution is -2.35. The molecule has 1 aliphatic heterocycles. The molecule has 1 atom stereocenters. The van der Waals surface area contributed by atoms with Crippen LogP contribution < -0.4 is 15.0 Å². The second-order valence-electron chi connectivity index (χ2n) is 7.36. The number of aliphatic hydroxyl groups excluding tert-OH is 1. The zero-order valence-electron chi connectivity index (χ0n) is 15.3. The van der Waals surface area contributed by atoms with E-state index in [1.54, 1.807) is 0 Å². The van der Waals surface area contributed by atoms with Gasteiger partial charge in [0.2, 0.25) is 5.91 Å². The van der Waals surface area contributed by atoms with Crippen molar-refractivity contribution < 1.29 is 14.6 Å². The molecule has 2 N–H and O–H groups in total. The van der Waals surface area contributed by atoms with Crippen LogP contribution in [0.5, 0.6) is 5.75 Å². The van der Waals surface area contributed by atoms with Crippen molar-refractivity contribution >= 4 is 17.3 Å². The highest BCUT2D eigenvalue weighted by Gasteiger charge is 2.33. The molecule has 1 aromatic carbocycles. The molecule has 1 aromatic rings. The largest absolute Gasteiger partial charge is 0.491 e. The van der Waals surface area contributed by atoms with Gasteiger partial charge in [-0.3, -0.25) is 4.79 Å². The molecular formula is C20H30N2O3. The van der Waals surface area contributed by atoms with Crippen LogP contribution in [0, 0.1) is 11.8 Å². The van der Waals surface area contributed by atoms with Crippen LogP contribution in [0.25, 0.3) is 0 Å². The summed E-state index contributed by atoms with van der Waals surface area (Å²) in [7, 11) is 0. The molecule has 2 fully saturated rings. The van der Waals surface area contributed by atoms with Crippen LogP contribution in [-0.2, 0) is 4.79 Å². The standard InChI is InChI=1S/C20H30N2O3/c1-3-12-25-19-13-16(22-10-8-17(23)9-11-22)6-7-18(19)21-20(24)14(2)15-4-5-15/h6-7,13-15,17,23H,3-5,8-12H2,1-2H3,(H,21,24)/t14-/m1/s1. The maximum Gasteiger partial charge on any atom is 0.227 e. The van der Waals surface area contributed by atoms with Crippen LogP contribution in [0.4, 0.5) is 11.4 Å². The number of carbonyl (C=O) groups excluding carboxylic acids is 1. The molecule has 138 valence electrons.